The van der Waals surface area contributed by atoms with Gasteiger partial charge in [0.05, 0.1) is 11.7 Å². The van der Waals surface area contributed by atoms with E-state index >= 15 is 0 Å². The summed E-state index contributed by atoms with van der Waals surface area (Å²) in [5, 5.41) is 5.04. The largest absolute Gasteiger partial charge is 0.333 e. The zero-order chi connectivity index (χ0) is 38.4. The van der Waals surface area contributed by atoms with Crippen LogP contribution in [0.4, 0.5) is 28.4 Å². The van der Waals surface area contributed by atoms with E-state index in [9.17, 15) is 0 Å². The van der Waals surface area contributed by atoms with E-state index in [4.69, 9.17) is 0 Å². The van der Waals surface area contributed by atoms with Gasteiger partial charge in [-0.25, -0.2) is 0 Å². The molecule has 9 aromatic rings. The normalized spacial score (nSPS) is 15.4. The molecule has 1 aliphatic heterocycles. The van der Waals surface area contributed by atoms with Gasteiger partial charge in [-0.1, -0.05) is 176 Å². The Morgan fingerprint density at radius 1 is 0.379 bits per heavy atom. The van der Waals surface area contributed by atoms with Gasteiger partial charge in [-0.05, 0) is 110 Å². The van der Waals surface area contributed by atoms with Crippen molar-refractivity contribution < 1.29 is 0 Å². The van der Waals surface area contributed by atoms with E-state index in [0.29, 0.717) is 0 Å². The molecule has 0 saturated heterocycles. The van der Waals surface area contributed by atoms with E-state index in [1.54, 1.807) is 0 Å². The molecule has 0 aromatic heterocycles. The quantitative estimate of drug-likeness (QED) is 0.161. The number of nitrogens with zero attached hydrogens (tertiary/aromatic N) is 2. The van der Waals surface area contributed by atoms with Gasteiger partial charge in [-0.15, -0.1) is 0 Å². The maximum atomic E-state index is 2.55. The highest BCUT2D eigenvalue weighted by Gasteiger charge is 2.38. The number of anilines is 5. The van der Waals surface area contributed by atoms with Crippen molar-refractivity contribution in [1.82, 2.24) is 0 Å². The standard InChI is InChI=1S/C56H40N2/c1-2-13-39(14-3-1)41-25-28-43(29-26-41)51-21-8-10-23-54(51)57(48-33-31-42(32-34-48)47-30-27-40-15-4-5-16-44(40)35-47)49-19-12-20-50(38-49)58-55-24-11-9-22-52(55)53-36-45-17-6-7-18-46(45)37-56(53)58/h1-38,52,55H. The molecule has 2 unspecified atom stereocenters. The van der Waals surface area contributed by atoms with Crippen molar-refractivity contribution in [3.8, 4) is 33.4 Å². The number of fused-ring (bicyclic) bond motifs is 5. The number of para-hydroxylation sites is 1. The van der Waals surface area contributed by atoms with Crippen molar-refractivity contribution in [3.63, 3.8) is 0 Å². The third-order valence-electron chi connectivity index (χ3n) is 11.9. The van der Waals surface area contributed by atoms with E-state index < -0.39 is 0 Å². The second-order valence-corrected chi connectivity index (χ2v) is 15.3. The molecule has 0 N–H and O–H groups in total. The maximum Gasteiger partial charge on any atom is 0.0629 e. The summed E-state index contributed by atoms with van der Waals surface area (Å²) in [5.74, 6) is 0.284. The third-order valence-corrected chi connectivity index (χ3v) is 11.9. The Labute approximate surface area is 339 Å². The highest BCUT2D eigenvalue weighted by molar-refractivity contribution is 5.94. The van der Waals surface area contributed by atoms with Crippen molar-refractivity contribution in [3.05, 3.63) is 236 Å². The molecule has 9 aromatic carbocycles. The lowest BCUT2D eigenvalue weighted by molar-refractivity contribution is 0.745. The van der Waals surface area contributed by atoms with Gasteiger partial charge in [-0.3, -0.25) is 0 Å². The topological polar surface area (TPSA) is 6.48 Å². The summed E-state index contributed by atoms with van der Waals surface area (Å²) in [6, 6.07) is 75.6. The molecular weight excluding hydrogens is 701 g/mol. The summed E-state index contributed by atoms with van der Waals surface area (Å²) in [7, 11) is 0. The van der Waals surface area contributed by atoms with Crippen LogP contribution < -0.4 is 9.80 Å². The van der Waals surface area contributed by atoms with E-state index in [0.717, 1.165) is 17.1 Å². The van der Waals surface area contributed by atoms with Crippen LogP contribution in [0.5, 0.6) is 0 Å². The average Bonchev–Trinajstić information content (AvgIpc) is 3.62. The summed E-state index contributed by atoms with van der Waals surface area (Å²) in [5.41, 5.74) is 14.3. The van der Waals surface area contributed by atoms with E-state index in [-0.39, 0.29) is 12.0 Å². The Morgan fingerprint density at radius 2 is 0.983 bits per heavy atom. The first-order valence-corrected chi connectivity index (χ1v) is 20.2. The van der Waals surface area contributed by atoms with Gasteiger partial charge in [0.25, 0.3) is 0 Å². The molecule has 1 aliphatic carbocycles. The van der Waals surface area contributed by atoms with Crippen LogP contribution in [0.1, 0.15) is 11.5 Å². The van der Waals surface area contributed by atoms with Crippen LogP contribution >= 0.6 is 0 Å². The Bertz CT molecular complexity index is 3010. The zero-order valence-corrected chi connectivity index (χ0v) is 32.0. The molecule has 2 nitrogen and oxygen atoms in total. The fraction of sp³-hybridized carbons (Fsp3) is 0.0357. The van der Waals surface area contributed by atoms with Crippen molar-refractivity contribution in [2.24, 2.45) is 0 Å². The Hall–Kier alpha value is -7.42. The van der Waals surface area contributed by atoms with Gasteiger partial charge in [0.15, 0.2) is 0 Å². The lowest BCUT2D eigenvalue weighted by atomic mass is 9.90. The summed E-state index contributed by atoms with van der Waals surface area (Å²) < 4.78 is 0. The van der Waals surface area contributed by atoms with Crippen molar-refractivity contribution in [1.29, 1.82) is 0 Å². The van der Waals surface area contributed by atoms with Crippen molar-refractivity contribution in [2.75, 3.05) is 9.80 Å². The number of hydrogen-bond acceptors (Lipinski definition) is 2. The van der Waals surface area contributed by atoms with Crippen LogP contribution in [-0.4, -0.2) is 6.04 Å². The molecule has 0 bridgehead atoms. The summed E-state index contributed by atoms with van der Waals surface area (Å²) in [4.78, 5) is 4.98. The first-order valence-electron chi connectivity index (χ1n) is 20.2. The molecule has 1 heterocycles. The molecule has 0 spiro atoms. The Balaban J connectivity index is 1.05. The lowest BCUT2D eigenvalue weighted by Crippen LogP contribution is -2.28. The minimum Gasteiger partial charge on any atom is -0.333 e. The molecule has 0 amide bonds. The van der Waals surface area contributed by atoms with E-state index in [2.05, 4.69) is 240 Å². The Morgan fingerprint density at radius 3 is 1.79 bits per heavy atom. The second kappa shape index (κ2) is 14.3. The highest BCUT2D eigenvalue weighted by Crippen LogP contribution is 2.50. The fourth-order valence-corrected chi connectivity index (χ4v) is 9.09. The third kappa shape index (κ3) is 5.98. The Kier molecular flexibility index (Phi) is 8.33. The number of hydrogen-bond donors (Lipinski definition) is 0. The summed E-state index contributed by atoms with van der Waals surface area (Å²) in [6.07, 6.45) is 9.13. The predicted octanol–water partition coefficient (Wildman–Crippen LogP) is 15.2. The molecule has 2 heteroatoms. The van der Waals surface area contributed by atoms with Gasteiger partial charge in [0, 0.05) is 34.2 Å². The molecular formula is C56H40N2. The predicted molar refractivity (Wildman–Crippen MR) is 246 cm³/mol. The van der Waals surface area contributed by atoms with Gasteiger partial charge >= 0.3 is 0 Å². The summed E-state index contributed by atoms with van der Waals surface area (Å²) >= 11 is 0. The molecule has 2 atom stereocenters. The summed E-state index contributed by atoms with van der Waals surface area (Å²) in [6.45, 7) is 0. The van der Waals surface area contributed by atoms with Crippen LogP contribution in [0.15, 0.2) is 231 Å². The fourth-order valence-electron chi connectivity index (χ4n) is 9.09. The number of benzene rings is 9. The van der Waals surface area contributed by atoms with E-state index in [1.165, 1.54) is 71.9 Å². The zero-order valence-electron chi connectivity index (χ0n) is 32.0. The van der Waals surface area contributed by atoms with Crippen LogP contribution in [0, 0.1) is 0 Å². The van der Waals surface area contributed by atoms with Crippen LogP contribution in [0.25, 0.3) is 54.9 Å². The molecule has 11 rings (SSSR count). The van der Waals surface area contributed by atoms with Gasteiger partial charge in [0.1, 0.15) is 0 Å². The molecule has 0 radical (unpaired) electrons. The molecule has 274 valence electrons. The van der Waals surface area contributed by atoms with Crippen LogP contribution in [0.3, 0.4) is 0 Å². The minimum absolute atomic E-state index is 0.192. The molecule has 0 saturated carbocycles. The van der Waals surface area contributed by atoms with Crippen LogP contribution in [0.2, 0.25) is 0 Å². The minimum atomic E-state index is 0.192. The SMILES string of the molecule is C1=CC2c3cc4ccccc4cc3N(c3cccc(N(c4ccc(-c5ccc6ccccc6c5)cc4)c4ccccc4-c4ccc(-c5ccccc5)cc4)c3)C2C=C1. The highest BCUT2D eigenvalue weighted by atomic mass is 15.2. The van der Waals surface area contributed by atoms with Gasteiger partial charge in [0.2, 0.25) is 0 Å². The van der Waals surface area contributed by atoms with Crippen molar-refractivity contribution >= 4 is 50.0 Å². The average molecular weight is 741 g/mol. The first kappa shape index (κ1) is 33.9. The first-order chi connectivity index (χ1) is 28.7. The van der Waals surface area contributed by atoms with E-state index in [1.807, 2.05) is 0 Å². The molecule has 0 fully saturated rings. The van der Waals surface area contributed by atoms with Gasteiger partial charge in [-0.2, -0.15) is 0 Å². The maximum absolute atomic E-state index is 2.55. The smallest absolute Gasteiger partial charge is 0.0629 e. The second-order valence-electron chi connectivity index (χ2n) is 15.3. The molecule has 2 aliphatic rings. The molecule has 58 heavy (non-hydrogen) atoms. The number of allylic oxidation sites excluding steroid dienone is 2. The monoisotopic (exact) mass is 740 g/mol. The van der Waals surface area contributed by atoms with Crippen molar-refractivity contribution in [2.45, 2.75) is 12.0 Å². The lowest BCUT2D eigenvalue weighted by Gasteiger charge is -2.32. The van der Waals surface area contributed by atoms with Crippen LogP contribution in [-0.2, 0) is 0 Å². The van der Waals surface area contributed by atoms with Gasteiger partial charge < -0.3 is 9.80 Å². The number of rotatable bonds is 7.